The van der Waals surface area contributed by atoms with Crippen LogP contribution in [0.4, 0.5) is 0 Å². The number of carbonyl (C=O) groups is 1. The van der Waals surface area contributed by atoms with E-state index >= 15 is 0 Å². The molecule has 9 heavy (non-hydrogen) atoms. The molecule has 0 rings (SSSR count). The number of hydrogen-bond acceptors (Lipinski definition) is 3. The Labute approximate surface area is 67.4 Å². The second-order valence-electron chi connectivity index (χ2n) is 1.42. The summed E-state index contributed by atoms with van der Waals surface area (Å²) < 4.78 is -0.521. The van der Waals surface area contributed by atoms with E-state index in [1.54, 1.807) is 0 Å². The molecular weight excluding hydrogens is 235 g/mol. The van der Waals surface area contributed by atoms with E-state index in [1.165, 1.54) is 14.2 Å². The highest BCUT2D eigenvalue weighted by Crippen LogP contribution is 1.96. The fraction of sp³-hybridized carbons (Fsp3) is 0.750. The fourth-order valence-corrected chi connectivity index (χ4v) is 0.656. The van der Waals surface area contributed by atoms with Crippen LogP contribution in [0.1, 0.15) is 0 Å². The van der Waals surface area contributed by atoms with Crippen molar-refractivity contribution in [3.05, 3.63) is 0 Å². The molecule has 0 aromatic heterocycles. The summed E-state index contributed by atoms with van der Waals surface area (Å²) in [7, 11) is 2.93. The highest BCUT2D eigenvalue weighted by Gasteiger charge is 2.13. The van der Waals surface area contributed by atoms with Gasteiger partial charge in [0, 0.05) is 7.05 Å². The van der Waals surface area contributed by atoms with Gasteiger partial charge in [-0.15, -0.1) is 0 Å². The summed E-state index contributed by atoms with van der Waals surface area (Å²) >= 11 is 1.81. The zero-order valence-corrected chi connectivity index (χ0v) is 7.45. The van der Waals surface area contributed by atoms with Gasteiger partial charge in [0.25, 0.3) is 5.91 Å². The molecule has 0 fully saturated rings. The molecular formula is C4H9IN2O2. The predicted molar refractivity (Wildman–Crippen MR) is 41.8 cm³/mol. The van der Waals surface area contributed by atoms with Crippen LogP contribution in [0.2, 0.25) is 0 Å². The van der Waals surface area contributed by atoms with Crippen molar-refractivity contribution in [2.45, 2.75) is 4.05 Å². The lowest BCUT2D eigenvalue weighted by molar-refractivity contribution is -0.167. The molecule has 0 saturated heterocycles. The smallest absolute Gasteiger partial charge is 0.272 e. The maximum Gasteiger partial charge on any atom is 0.272 e. The summed E-state index contributed by atoms with van der Waals surface area (Å²) in [5.41, 5.74) is 5.23. The maximum absolute atomic E-state index is 10.7. The summed E-state index contributed by atoms with van der Waals surface area (Å²) in [5, 5.41) is 1.09. The predicted octanol–water partition coefficient (Wildman–Crippen LogP) is -0.274. The first-order valence-electron chi connectivity index (χ1n) is 2.31. The Morgan fingerprint density at radius 1 is 1.89 bits per heavy atom. The van der Waals surface area contributed by atoms with Gasteiger partial charge in [0.1, 0.15) is 4.05 Å². The molecule has 0 aliphatic carbocycles. The molecule has 4 nitrogen and oxygen atoms in total. The number of carbonyl (C=O) groups excluding carboxylic acids is 1. The van der Waals surface area contributed by atoms with Crippen LogP contribution in [0, 0.1) is 0 Å². The van der Waals surface area contributed by atoms with Crippen LogP contribution in [0.3, 0.4) is 0 Å². The van der Waals surface area contributed by atoms with Gasteiger partial charge in [0.2, 0.25) is 0 Å². The summed E-state index contributed by atoms with van der Waals surface area (Å²) in [6.07, 6.45) is 0. The van der Waals surface area contributed by atoms with Crippen molar-refractivity contribution in [3.8, 4) is 0 Å². The number of nitrogens with two attached hydrogens (primary N) is 1. The summed E-state index contributed by atoms with van der Waals surface area (Å²) in [5.74, 6) is -0.238. The van der Waals surface area contributed by atoms with E-state index in [4.69, 9.17) is 5.73 Å². The van der Waals surface area contributed by atoms with Gasteiger partial charge in [0.15, 0.2) is 0 Å². The topological polar surface area (TPSA) is 55.6 Å². The standard InChI is InChI=1S/C4H9IN2O2/c1-7(9-2)4(8)3(5)6/h3H,6H2,1-2H3. The molecule has 0 aliphatic heterocycles. The van der Waals surface area contributed by atoms with Crippen LogP contribution in [-0.4, -0.2) is 29.2 Å². The molecule has 0 aromatic carbocycles. The molecule has 1 unspecified atom stereocenters. The first-order chi connectivity index (χ1) is 4.09. The molecule has 54 valence electrons. The van der Waals surface area contributed by atoms with Crippen molar-refractivity contribution in [3.63, 3.8) is 0 Å². The Hall–Kier alpha value is 0.120. The SMILES string of the molecule is CON(C)C(=O)C(N)I. The van der Waals surface area contributed by atoms with Crippen LogP contribution in [0.25, 0.3) is 0 Å². The van der Waals surface area contributed by atoms with Gasteiger partial charge in [-0.25, -0.2) is 5.06 Å². The van der Waals surface area contributed by atoms with Crippen molar-refractivity contribution in [2.24, 2.45) is 5.73 Å². The molecule has 0 aliphatic rings. The fourth-order valence-electron chi connectivity index (χ4n) is 0.264. The molecule has 0 radical (unpaired) electrons. The summed E-state index contributed by atoms with van der Waals surface area (Å²) in [4.78, 5) is 15.3. The molecule has 2 N–H and O–H groups in total. The highest BCUT2D eigenvalue weighted by atomic mass is 127. The van der Waals surface area contributed by atoms with Gasteiger partial charge in [0.05, 0.1) is 7.11 Å². The van der Waals surface area contributed by atoms with E-state index in [1.807, 2.05) is 22.6 Å². The molecule has 0 saturated carbocycles. The van der Waals surface area contributed by atoms with E-state index in [0.717, 1.165) is 5.06 Å². The quantitative estimate of drug-likeness (QED) is 0.315. The van der Waals surface area contributed by atoms with Crippen molar-refractivity contribution in [1.29, 1.82) is 0 Å². The third-order valence-electron chi connectivity index (χ3n) is 0.820. The first-order valence-corrected chi connectivity index (χ1v) is 3.55. The van der Waals surface area contributed by atoms with Crippen LogP contribution >= 0.6 is 22.6 Å². The Morgan fingerprint density at radius 3 is 2.44 bits per heavy atom. The zero-order chi connectivity index (χ0) is 7.44. The van der Waals surface area contributed by atoms with Gasteiger partial charge in [-0.1, -0.05) is 22.6 Å². The van der Waals surface area contributed by atoms with E-state index in [0.29, 0.717) is 0 Å². The lowest BCUT2D eigenvalue weighted by atomic mass is 10.6. The lowest BCUT2D eigenvalue weighted by Crippen LogP contribution is -2.36. The molecule has 0 heterocycles. The highest BCUT2D eigenvalue weighted by molar-refractivity contribution is 14.1. The van der Waals surface area contributed by atoms with Crippen LogP contribution < -0.4 is 5.73 Å². The van der Waals surface area contributed by atoms with Crippen molar-refractivity contribution < 1.29 is 9.63 Å². The van der Waals surface area contributed by atoms with E-state index in [2.05, 4.69) is 4.84 Å². The molecule has 5 heteroatoms. The third kappa shape index (κ3) is 2.97. The monoisotopic (exact) mass is 244 g/mol. The van der Waals surface area contributed by atoms with Gasteiger partial charge in [-0.05, 0) is 0 Å². The van der Waals surface area contributed by atoms with Crippen LogP contribution in [0.5, 0.6) is 0 Å². The first kappa shape index (κ1) is 9.12. The van der Waals surface area contributed by atoms with Gasteiger partial charge < -0.3 is 5.73 Å². The molecule has 1 atom stereocenters. The van der Waals surface area contributed by atoms with E-state index in [-0.39, 0.29) is 5.91 Å². The Bertz CT molecular complexity index is 107. The number of rotatable bonds is 2. The van der Waals surface area contributed by atoms with E-state index < -0.39 is 4.05 Å². The molecule has 0 bridgehead atoms. The van der Waals surface area contributed by atoms with Crippen LogP contribution in [-0.2, 0) is 9.63 Å². The average Bonchev–Trinajstić information content (AvgIpc) is 1.84. The van der Waals surface area contributed by atoms with Gasteiger partial charge in [-0.2, -0.15) is 0 Å². The minimum atomic E-state index is -0.521. The third-order valence-corrected chi connectivity index (χ3v) is 1.35. The Kier molecular flexibility index (Phi) is 4.07. The van der Waals surface area contributed by atoms with Crippen molar-refractivity contribution in [2.75, 3.05) is 14.2 Å². The normalized spacial score (nSPS) is 12.9. The number of halogens is 1. The van der Waals surface area contributed by atoms with Crippen molar-refractivity contribution >= 4 is 28.5 Å². The minimum Gasteiger partial charge on any atom is -0.312 e. The van der Waals surface area contributed by atoms with Gasteiger partial charge in [-0.3, -0.25) is 9.63 Å². The molecule has 0 spiro atoms. The number of hydrogen-bond donors (Lipinski definition) is 1. The second-order valence-corrected chi connectivity index (χ2v) is 2.76. The number of likely N-dealkylation sites (N-methyl/N-ethyl adjacent to an activating group) is 1. The largest absolute Gasteiger partial charge is 0.312 e. The maximum atomic E-state index is 10.7. The Morgan fingerprint density at radius 2 is 2.33 bits per heavy atom. The number of nitrogens with zero attached hydrogens (tertiary/aromatic N) is 1. The number of hydroxylamine groups is 2. The molecule has 1 amide bonds. The van der Waals surface area contributed by atoms with Crippen LogP contribution in [0.15, 0.2) is 0 Å². The van der Waals surface area contributed by atoms with E-state index in [9.17, 15) is 4.79 Å². The second kappa shape index (κ2) is 4.02. The zero-order valence-electron chi connectivity index (χ0n) is 5.30. The summed E-state index contributed by atoms with van der Waals surface area (Å²) in [6, 6.07) is 0. The Balaban J connectivity index is 3.73. The van der Waals surface area contributed by atoms with Gasteiger partial charge >= 0.3 is 0 Å². The van der Waals surface area contributed by atoms with Crippen molar-refractivity contribution in [1.82, 2.24) is 5.06 Å². The lowest BCUT2D eigenvalue weighted by Gasteiger charge is -2.14. The number of amides is 1. The molecule has 0 aromatic rings. The minimum absolute atomic E-state index is 0.238. The summed E-state index contributed by atoms with van der Waals surface area (Å²) in [6.45, 7) is 0. The number of alkyl halides is 1. The average molecular weight is 244 g/mol.